The summed E-state index contributed by atoms with van der Waals surface area (Å²) in [5, 5.41) is 5.77. The second kappa shape index (κ2) is 7.85. The van der Waals surface area contributed by atoms with Gasteiger partial charge in [-0.1, -0.05) is 0 Å². The van der Waals surface area contributed by atoms with E-state index >= 15 is 0 Å². The molecule has 8 nitrogen and oxygen atoms in total. The highest BCUT2D eigenvalue weighted by Gasteiger charge is 2.23. The van der Waals surface area contributed by atoms with Gasteiger partial charge in [0.1, 0.15) is 18.2 Å². The van der Waals surface area contributed by atoms with Crippen LogP contribution in [0.5, 0.6) is 5.75 Å². The van der Waals surface area contributed by atoms with Crippen molar-refractivity contribution < 1.29 is 19.1 Å². The van der Waals surface area contributed by atoms with E-state index < -0.39 is 0 Å². The van der Waals surface area contributed by atoms with Gasteiger partial charge in [0.15, 0.2) is 0 Å². The van der Waals surface area contributed by atoms with E-state index in [0.717, 1.165) is 25.2 Å². The molecule has 2 aliphatic rings. The molecular formula is C20H22N4O4. The molecule has 0 radical (unpaired) electrons. The highest BCUT2D eigenvalue weighted by Crippen LogP contribution is 2.27. The lowest BCUT2D eigenvalue weighted by atomic mass is 10.2. The van der Waals surface area contributed by atoms with Crippen LogP contribution < -0.4 is 20.3 Å². The van der Waals surface area contributed by atoms with Crippen LogP contribution in [0.1, 0.15) is 23.2 Å². The predicted molar refractivity (Wildman–Crippen MR) is 105 cm³/mol. The van der Waals surface area contributed by atoms with Crippen molar-refractivity contribution in [3.63, 3.8) is 0 Å². The minimum absolute atomic E-state index is 0.0783. The highest BCUT2D eigenvalue weighted by atomic mass is 16.5. The zero-order valence-electron chi connectivity index (χ0n) is 15.6. The van der Waals surface area contributed by atoms with Gasteiger partial charge < -0.3 is 25.0 Å². The highest BCUT2D eigenvalue weighted by molar-refractivity contribution is 6.07. The Morgan fingerprint density at radius 3 is 2.96 bits per heavy atom. The van der Waals surface area contributed by atoms with Crippen LogP contribution in [-0.4, -0.2) is 49.7 Å². The molecule has 0 spiro atoms. The van der Waals surface area contributed by atoms with Gasteiger partial charge in [0.05, 0.1) is 23.9 Å². The monoisotopic (exact) mass is 382 g/mol. The van der Waals surface area contributed by atoms with Crippen LogP contribution in [0.2, 0.25) is 0 Å². The topological polar surface area (TPSA) is 92.8 Å². The fraction of sp³-hybridized carbons (Fsp3) is 0.350. The van der Waals surface area contributed by atoms with Gasteiger partial charge in [0.25, 0.3) is 5.91 Å². The third kappa shape index (κ3) is 3.91. The number of likely N-dealkylation sites (N-methyl/N-ethyl adjacent to an activating group) is 1. The van der Waals surface area contributed by atoms with E-state index in [4.69, 9.17) is 9.47 Å². The number of amides is 2. The number of carbonyl (C=O) groups is 2. The van der Waals surface area contributed by atoms with Crippen molar-refractivity contribution in [3.8, 4) is 5.75 Å². The molecule has 3 heterocycles. The Morgan fingerprint density at radius 2 is 2.21 bits per heavy atom. The molecule has 1 aromatic heterocycles. The normalized spacial score (nSPS) is 18.4. The Morgan fingerprint density at radius 1 is 1.39 bits per heavy atom. The molecule has 28 heavy (non-hydrogen) atoms. The summed E-state index contributed by atoms with van der Waals surface area (Å²) in [7, 11) is 1.67. The lowest BCUT2D eigenvalue weighted by Crippen LogP contribution is -2.37. The van der Waals surface area contributed by atoms with Crippen molar-refractivity contribution in [2.24, 2.45) is 0 Å². The summed E-state index contributed by atoms with van der Waals surface area (Å²) in [6.45, 7) is 1.53. The van der Waals surface area contributed by atoms with Crippen molar-refractivity contribution >= 4 is 29.0 Å². The van der Waals surface area contributed by atoms with Crippen LogP contribution >= 0.6 is 0 Å². The number of hydrogen-bond acceptors (Lipinski definition) is 6. The minimum atomic E-state index is -0.297. The quantitative estimate of drug-likeness (QED) is 0.824. The first-order chi connectivity index (χ1) is 13.6. The van der Waals surface area contributed by atoms with Crippen molar-refractivity contribution in [2.75, 3.05) is 42.3 Å². The van der Waals surface area contributed by atoms with Crippen LogP contribution in [0.25, 0.3) is 0 Å². The Balaban J connectivity index is 1.39. The van der Waals surface area contributed by atoms with Crippen molar-refractivity contribution in [3.05, 3.63) is 42.1 Å². The van der Waals surface area contributed by atoms with E-state index in [1.165, 1.54) is 11.1 Å². The van der Waals surface area contributed by atoms with Gasteiger partial charge in [0.2, 0.25) is 5.91 Å². The molecule has 1 saturated heterocycles. The molecule has 1 atom stereocenters. The molecule has 2 aliphatic heterocycles. The van der Waals surface area contributed by atoms with Crippen LogP contribution in [0.3, 0.4) is 0 Å². The Hall–Kier alpha value is -3.13. The first-order valence-corrected chi connectivity index (χ1v) is 9.26. The molecule has 1 unspecified atom stereocenters. The van der Waals surface area contributed by atoms with Crippen molar-refractivity contribution in [2.45, 2.75) is 18.9 Å². The molecule has 2 N–H and O–H groups in total. The third-order valence-corrected chi connectivity index (χ3v) is 4.84. The second-order valence-electron chi connectivity index (χ2n) is 6.82. The summed E-state index contributed by atoms with van der Waals surface area (Å²) in [5.74, 6) is 0.946. The van der Waals surface area contributed by atoms with Crippen LogP contribution in [0, 0.1) is 0 Å². The van der Waals surface area contributed by atoms with Gasteiger partial charge in [-0.15, -0.1) is 0 Å². The Bertz CT molecular complexity index is 878. The van der Waals surface area contributed by atoms with Crippen molar-refractivity contribution in [1.29, 1.82) is 0 Å². The summed E-state index contributed by atoms with van der Waals surface area (Å²) < 4.78 is 11.3. The number of nitrogens with zero attached hydrogens (tertiary/aromatic N) is 2. The number of aromatic nitrogens is 1. The largest absolute Gasteiger partial charge is 0.491 e. The number of anilines is 3. The van der Waals surface area contributed by atoms with Crippen LogP contribution in [-0.2, 0) is 9.53 Å². The van der Waals surface area contributed by atoms with E-state index in [0.29, 0.717) is 29.4 Å². The van der Waals surface area contributed by atoms with E-state index in [2.05, 4.69) is 15.6 Å². The summed E-state index contributed by atoms with van der Waals surface area (Å²) in [6, 6.07) is 8.84. The molecule has 0 saturated carbocycles. The number of carbonyl (C=O) groups excluding carboxylic acids is 2. The number of nitrogens with one attached hydrogen (secondary N) is 2. The second-order valence-corrected chi connectivity index (χ2v) is 6.82. The van der Waals surface area contributed by atoms with Crippen LogP contribution in [0.4, 0.5) is 17.2 Å². The zero-order chi connectivity index (χ0) is 19.5. The van der Waals surface area contributed by atoms with Gasteiger partial charge >= 0.3 is 0 Å². The SMILES string of the molecule is CN1C(=O)CNc2ncc(C(=O)Nc3ccc(OCC4CCCO4)cc3)cc21. The fourth-order valence-corrected chi connectivity index (χ4v) is 3.18. The maximum absolute atomic E-state index is 12.5. The number of pyridine rings is 1. The van der Waals surface area contributed by atoms with Crippen LogP contribution in [0.15, 0.2) is 36.5 Å². The molecule has 1 aromatic carbocycles. The number of fused-ring (bicyclic) bond motifs is 1. The molecular weight excluding hydrogens is 360 g/mol. The third-order valence-electron chi connectivity index (χ3n) is 4.84. The lowest BCUT2D eigenvalue weighted by molar-refractivity contribution is -0.116. The van der Waals surface area contributed by atoms with E-state index in [9.17, 15) is 9.59 Å². The van der Waals surface area contributed by atoms with E-state index in [1.807, 2.05) is 12.1 Å². The lowest BCUT2D eigenvalue weighted by Gasteiger charge is -2.26. The molecule has 8 heteroatoms. The average molecular weight is 382 g/mol. The van der Waals surface area contributed by atoms with Gasteiger partial charge in [-0.3, -0.25) is 9.59 Å². The zero-order valence-corrected chi connectivity index (χ0v) is 15.6. The standard InChI is InChI=1S/C20H22N4O4/c1-24-17-9-13(10-21-19(17)22-11-18(24)25)20(26)23-14-4-6-15(7-5-14)28-12-16-3-2-8-27-16/h4-7,9-10,16H,2-3,8,11-12H2,1H3,(H,21,22)(H,23,26). The molecule has 0 aliphatic carbocycles. The number of benzene rings is 1. The summed E-state index contributed by atoms with van der Waals surface area (Å²) >= 11 is 0. The predicted octanol–water partition coefficient (Wildman–Crippen LogP) is 2.28. The summed E-state index contributed by atoms with van der Waals surface area (Å²) in [4.78, 5) is 30.1. The first-order valence-electron chi connectivity index (χ1n) is 9.26. The minimum Gasteiger partial charge on any atom is -0.491 e. The smallest absolute Gasteiger partial charge is 0.257 e. The molecule has 4 rings (SSSR count). The molecule has 146 valence electrons. The Kier molecular flexibility index (Phi) is 5.12. The molecule has 1 fully saturated rings. The molecule has 0 bridgehead atoms. The van der Waals surface area contributed by atoms with Crippen molar-refractivity contribution in [1.82, 2.24) is 4.98 Å². The summed E-state index contributed by atoms with van der Waals surface area (Å²) in [6.07, 6.45) is 3.76. The van der Waals surface area contributed by atoms with E-state index in [1.54, 1.807) is 25.2 Å². The molecule has 2 aromatic rings. The number of ether oxygens (including phenoxy) is 2. The van der Waals surface area contributed by atoms with Gasteiger partial charge in [0, 0.05) is 25.5 Å². The Labute approximate surface area is 162 Å². The van der Waals surface area contributed by atoms with Gasteiger partial charge in [-0.05, 0) is 43.2 Å². The fourth-order valence-electron chi connectivity index (χ4n) is 3.18. The summed E-state index contributed by atoms with van der Waals surface area (Å²) in [5.41, 5.74) is 1.61. The maximum Gasteiger partial charge on any atom is 0.257 e. The average Bonchev–Trinajstić information content (AvgIpc) is 3.24. The van der Waals surface area contributed by atoms with E-state index in [-0.39, 0.29) is 24.5 Å². The van der Waals surface area contributed by atoms with Gasteiger partial charge in [-0.25, -0.2) is 4.98 Å². The van der Waals surface area contributed by atoms with Gasteiger partial charge in [-0.2, -0.15) is 0 Å². The maximum atomic E-state index is 12.5. The molecule has 2 amide bonds. The number of rotatable bonds is 5. The number of hydrogen-bond donors (Lipinski definition) is 2. The first kappa shape index (κ1) is 18.2.